The number of carbonyl (C=O) groups excluding carboxylic acids is 4. The molecule has 0 fully saturated rings. The van der Waals surface area contributed by atoms with Crippen LogP contribution in [-0.2, 0) is 4.79 Å². The maximum atomic E-state index is 12.3. The minimum atomic E-state index is -0.549. The fraction of sp³-hybridized carbons (Fsp3) is 0.211. The van der Waals surface area contributed by atoms with Crippen LogP contribution in [0.25, 0.3) is 0 Å². The molecule has 1 aliphatic heterocycles. The molecule has 1 aromatic heterocycles. The summed E-state index contributed by atoms with van der Waals surface area (Å²) in [7, 11) is 0. The summed E-state index contributed by atoms with van der Waals surface area (Å²) >= 11 is 0. The van der Waals surface area contributed by atoms with Gasteiger partial charge in [-0.25, -0.2) is 0 Å². The van der Waals surface area contributed by atoms with E-state index in [2.05, 4.69) is 5.32 Å². The summed E-state index contributed by atoms with van der Waals surface area (Å²) in [5.74, 6) is -1.68. The standard InChI is InChI=1S/C19H15N3O5/c1-10(23)16-11(2)27-17(14(16)9-20)21-15(24)7-8-22-18(25)12-5-3-4-6-13(12)19(22)26/h3-6H,7-8H2,1-2H3,(H,21,24). The average molecular weight is 365 g/mol. The molecule has 0 saturated carbocycles. The zero-order valence-corrected chi connectivity index (χ0v) is 14.7. The van der Waals surface area contributed by atoms with Crippen molar-refractivity contribution < 1.29 is 23.6 Å². The lowest BCUT2D eigenvalue weighted by Crippen LogP contribution is -2.32. The number of nitrogens with zero attached hydrogens (tertiary/aromatic N) is 2. The van der Waals surface area contributed by atoms with Crippen LogP contribution < -0.4 is 5.32 Å². The largest absolute Gasteiger partial charge is 0.443 e. The van der Waals surface area contributed by atoms with E-state index in [1.54, 1.807) is 24.3 Å². The molecule has 3 amide bonds. The van der Waals surface area contributed by atoms with Gasteiger partial charge in [0.05, 0.1) is 16.7 Å². The molecule has 8 nitrogen and oxygen atoms in total. The van der Waals surface area contributed by atoms with Crippen LogP contribution in [0.5, 0.6) is 0 Å². The van der Waals surface area contributed by atoms with E-state index in [9.17, 15) is 24.4 Å². The van der Waals surface area contributed by atoms with Crippen LogP contribution in [0.3, 0.4) is 0 Å². The smallest absolute Gasteiger partial charge is 0.261 e. The third-order valence-electron chi connectivity index (χ3n) is 4.24. The lowest BCUT2D eigenvalue weighted by molar-refractivity contribution is -0.116. The van der Waals surface area contributed by atoms with Crippen LogP contribution in [0.4, 0.5) is 5.88 Å². The number of furan rings is 1. The van der Waals surface area contributed by atoms with Gasteiger partial charge >= 0.3 is 0 Å². The number of benzene rings is 1. The number of anilines is 1. The first-order valence-corrected chi connectivity index (χ1v) is 8.14. The lowest BCUT2D eigenvalue weighted by Gasteiger charge is -2.13. The molecule has 0 unspecified atom stereocenters. The van der Waals surface area contributed by atoms with Gasteiger partial charge in [0, 0.05) is 13.0 Å². The van der Waals surface area contributed by atoms with Gasteiger partial charge in [-0.2, -0.15) is 5.26 Å². The van der Waals surface area contributed by atoms with Crippen LogP contribution in [0.15, 0.2) is 28.7 Å². The molecule has 2 heterocycles. The maximum absolute atomic E-state index is 12.3. The average Bonchev–Trinajstić information content (AvgIpc) is 3.07. The number of ketones is 1. The van der Waals surface area contributed by atoms with Crippen molar-refractivity contribution in [1.29, 1.82) is 5.26 Å². The van der Waals surface area contributed by atoms with Crippen molar-refractivity contribution in [2.45, 2.75) is 20.3 Å². The van der Waals surface area contributed by atoms with Crippen LogP contribution in [0.2, 0.25) is 0 Å². The number of imide groups is 1. The molecule has 1 N–H and O–H groups in total. The summed E-state index contributed by atoms with van der Waals surface area (Å²) in [6.45, 7) is 2.71. The highest BCUT2D eigenvalue weighted by molar-refractivity contribution is 6.21. The van der Waals surface area contributed by atoms with Crippen molar-refractivity contribution in [3.63, 3.8) is 0 Å². The Balaban J connectivity index is 1.69. The second kappa shape index (κ2) is 6.88. The predicted molar refractivity (Wildman–Crippen MR) is 93.2 cm³/mol. The Morgan fingerprint density at radius 3 is 2.30 bits per heavy atom. The zero-order chi connectivity index (χ0) is 19.7. The summed E-state index contributed by atoms with van der Waals surface area (Å²) in [5, 5.41) is 11.7. The number of amides is 3. The first-order chi connectivity index (χ1) is 12.8. The number of fused-ring (bicyclic) bond motifs is 1. The first-order valence-electron chi connectivity index (χ1n) is 8.14. The van der Waals surface area contributed by atoms with Crippen LogP contribution in [-0.4, -0.2) is 34.9 Å². The molecule has 0 atom stereocenters. The highest BCUT2D eigenvalue weighted by Crippen LogP contribution is 2.27. The quantitative estimate of drug-likeness (QED) is 0.641. The maximum Gasteiger partial charge on any atom is 0.261 e. The van der Waals surface area contributed by atoms with Crippen molar-refractivity contribution in [3.05, 3.63) is 52.3 Å². The van der Waals surface area contributed by atoms with Gasteiger partial charge in [0.1, 0.15) is 17.4 Å². The summed E-state index contributed by atoms with van der Waals surface area (Å²) in [6, 6.07) is 8.29. The fourth-order valence-electron chi connectivity index (χ4n) is 3.01. The Bertz CT molecular complexity index is 993. The fourth-order valence-corrected chi connectivity index (χ4v) is 3.01. The predicted octanol–water partition coefficient (Wildman–Crippen LogP) is 2.29. The van der Waals surface area contributed by atoms with Crippen molar-refractivity contribution in [2.75, 3.05) is 11.9 Å². The summed E-state index contributed by atoms with van der Waals surface area (Å²) < 4.78 is 5.31. The molecule has 27 heavy (non-hydrogen) atoms. The zero-order valence-electron chi connectivity index (χ0n) is 14.7. The number of rotatable bonds is 5. The molecule has 1 aliphatic rings. The van der Waals surface area contributed by atoms with E-state index in [1.165, 1.54) is 13.8 Å². The molecule has 0 radical (unpaired) electrons. The molecule has 8 heteroatoms. The minimum Gasteiger partial charge on any atom is -0.443 e. The van der Waals surface area contributed by atoms with Gasteiger partial charge in [-0.05, 0) is 26.0 Å². The van der Waals surface area contributed by atoms with Gasteiger partial charge in [-0.1, -0.05) is 12.1 Å². The Hall–Kier alpha value is -3.73. The molecule has 0 spiro atoms. The number of hydrogen-bond acceptors (Lipinski definition) is 6. The number of hydrogen-bond donors (Lipinski definition) is 1. The van der Waals surface area contributed by atoms with Crippen LogP contribution in [0, 0.1) is 18.3 Å². The van der Waals surface area contributed by atoms with Crippen molar-refractivity contribution in [3.8, 4) is 6.07 Å². The summed E-state index contributed by atoms with van der Waals surface area (Å²) in [5.41, 5.74) is 0.687. The van der Waals surface area contributed by atoms with Crippen LogP contribution in [0.1, 0.15) is 55.7 Å². The molecule has 0 saturated heterocycles. The number of carbonyl (C=O) groups is 4. The van der Waals surface area contributed by atoms with E-state index in [4.69, 9.17) is 4.42 Å². The minimum absolute atomic E-state index is 0.0471. The van der Waals surface area contributed by atoms with Crippen molar-refractivity contribution >= 4 is 29.4 Å². The van der Waals surface area contributed by atoms with E-state index in [0.29, 0.717) is 11.1 Å². The second-order valence-electron chi connectivity index (χ2n) is 6.01. The van der Waals surface area contributed by atoms with E-state index in [-0.39, 0.29) is 41.5 Å². The van der Waals surface area contributed by atoms with E-state index in [0.717, 1.165) is 4.90 Å². The van der Waals surface area contributed by atoms with Crippen molar-refractivity contribution in [1.82, 2.24) is 4.90 Å². The number of Topliss-reactive ketones (excluding diaryl/α,β-unsaturated/α-hetero) is 1. The first kappa shape index (κ1) is 18.1. The van der Waals surface area contributed by atoms with Gasteiger partial charge in [-0.3, -0.25) is 29.4 Å². The summed E-state index contributed by atoms with van der Waals surface area (Å²) in [4.78, 5) is 49.4. The second-order valence-corrected chi connectivity index (χ2v) is 6.01. The molecule has 0 aliphatic carbocycles. The van der Waals surface area contributed by atoms with E-state index >= 15 is 0 Å². The van der Waals surface area contributed by atoms with Gasteiger partial charge in [0.2, 0.25) is 11.8 Å². The molecular formula is C19H15N3O5. The monoisotopic (exact) mass is 365 g/mol. The van der Waals surface area contributed by atoms with Gasteiger partial charge in [0.15, 0.2) is 5.78 Å². The summed E-state index contributed by atoms with van der Waals surface area (Å²) in [6.07, 6.45) is -0.175. The number of aryl methyl sites for hydroxylation is 1. The van der Waals surface area contributed by atoms with E-state index in [1.807, 2.05) is 6.07 Å². The number of nitrogens with one attached hydrogen (secondary N) is 1. The van der Waals surface area contributed by atoms with Gasteiger partial charge in [0.25, 0.3) is 11.8 Å². The third kappa shape index (κ3) is 3.11. The molecule has 3 rings (SSSR count). The molecule has 0 bridgehead atoms. The molecule has 2 aromatic rings. The topological polar surface area (TPSA) is 120 Å². The third-order valence-corrected chi connectivity index (χ3v) is 4.24. The van der Waals surface area contributed by atoms with Crippen molar-refractivity contribution in [2.24, 2.45) is 0 Å². The molecule has 1 aromatic carbocycles. The SMILES string of the molecule is CC(=O)c1c(C)oc(NC(=O)CCN2C(=O)c3ccccc3C2=O)c1C#N. The Morgan fingerprint density at radius 2 is 1.78 bits per heavy atom. The Kier molecular flexibility index (Phi) is 4.60. The molecular weight excluding hydrogens is 350 g/mol. The lowest BCUT2D eigenvalue weighted by atomic mass is 10.1. The van der Waals surface area contributed by atoms with E-state index < -0.39 is 17.7 Å². The van der Waals surface area contributed by atoms with Crippen LogP contribution >= 0.6 is 0 Å². The Morgan fingerprint density at radius 1 is 1.19 bits per heavy atom. The van der Waals surface area contributed by atoms with Gasteiger partial charge < -0.3 is 4.42 Å². The highest BCUT2D eigenvalue weighted by Gasteiger charge is 2.35. The highest BCUT2D eigenvalue weighted by atomic mass is 16.4. The normalized spacial score (nSPS) is 12.7. The van der Waals surface area contributed by atoms with Gasteiger partial charge in [-0.15, -0.1) is 0 Å². The number of nitriles is 1. The molecule has 136 valence electrons. The Labute approximate surface area is 154 Å².